The van der Waals surface area contributed by atoms with Gasteiger partial charge in [0.25, 0.3) is 0 Å². The summed E-state index contributed by atoms with van der Waals surface area (Å²) >= 11 is 0. The molecule has 1 atom stereocenters. The van der Waals surface area contributed by atoms with Gasteiger partial charge in [0.1, 0.15) is 11.6 Å². The van der Waals surface area contributed by atoms with Crippen molar-refractivity contribution in [2.45, 2.75) is 25.9 Å². The second-order valence-electron chi connectivity index (χ2n) is 7.83. The van der Waals surface area contributed by atoms with Gasteiger partial charge in [-0.3, -0.25) is 9.78 Å². The molecule has 33 heavy (non-hydrogen) atoms. The minimum atomic E-state index is -2.87. The highest BCUT2D eigenvalue weighted by atomic mass is 19.3. The molecule has 0 saturated carbocycles. The van der Waals surface area contributed by atoms with Crippen LogP contribution in [-0.2, 0) is 17.6 Å². The molecule has 3 aromatic rings. The summed E-state index contributed by atoms with van der Waals surface area (Å²) in [5.41, 5.74) is 3.02. The monoisotopic (exact) mass is 451 g/mol. The Morgan fingerprint density at radius 2 is 2.06 bits per heavy atom. The Balaban J connectivity index is 1.40. The number of aromatic nitrogens is 4. The molecule has 0 spiro atoms. The molecule has 1 fully saturated rings. The van der Waals surface area contributed by atoms with Crippen LogP contribution in [0.25, 0.3) is 11.3 Å². The fraction of sp³-hybridized carbons (Fsp3) is 0.292. The van der Waals surface area contributed by atoms with Crippen molar-refractivity contribution in [3.63, 3.8) is 0 Å². The van der Waals surface area contributed by atoms with Gasteiger partial charge in [-0.15, -0.1) is 0 Å². The Labute approximate surface area is 190 Å². The molecule has 1 aromatic carbocycles. The second kappa shape index (κ2) is 10.2. The average molecular weight is 451 g/mol. The molecule has 3 heterocycles. The summed E-state index contributed by atoms with van der Waals surface area (Å²) in [5.74, 6) is 0.949. The number of rotatable bonds is 8. The van der Waals surface area contributed by atoms with Crippen LogP contribution >= 0.6 is 0 Å². The smallest absolute Gasteiger partial charge is 0.387 e. The maximum atomic E-state index is 12.4. The van der Waals surface area contributed by atoms with Gasteiger partial charge in [-0.2, -0.15) is 8.78 Å². The van der Waals surface area contributed by atoms with Gasteiger partial charge in [-0.05, 0) is 42.5 Å². The number of hydrogen-bond donors (Lipinski definition) is 0. The van der Waals surface area contributed by atoms with Crippen LogP contribution < -0.4 is 4.74 Å². The van der Waals surface area contributed by atoms with Gasteiger partial charge < -0.3 is 9.64 Å². The van der Waals surface area contributed by atoms with Crippen molar-refractivity contribution >= 4 is 5.91 Å². The van der Waals surface area contributed by atoms with E-state index in [0.29, 0.717) is 30.4 Å². The normalized spacial score (nSPS) is 15.6. The van der Waals surface area contributed by atoms with Gasteiger partial charge in [0.15, 0.2) is 0 Å². The lowest BCUT2D eigenvalue weighted by Gasteiger charge is -2.14. The number of benzene rings is 1. The lowest BCUT2D eigenvalue weighted by Crippen LogP contribution is -2.26. The van der Waals surface area contributed by atoms with Crippen molar-refractivity contribution in [3.05, 3.63) is 78.8 Å². The summed E-state index contributed by atoms with van der Waals surface area (Å²) in [6.45, 7) is 2.10. The van der Waals surface area contributed by atoms with Crippen LogP contribution in [0, 0.1) is 5.92 Å². The molecule has 0 aliphatic carbocycles. The summed E-state index contributed by atoms with van der Waals surface area (Å²) in [6, 6.07) is 6.48. The largest absolute Gasteiger partial charge is 0.435 e. The molecule has 7 nitrogen and oxygen atoms in total. The minimum absolute atomic E-state index is 0.0390. The first-order chi connectivity index (χ1) is 16.0. The van der Waals surface area contributed by atoms with Gasteiger partial charge in [0.2, 0.25) is 5.91 Å². The standard InChI is InChI=1S/C24H23F2N5O2/c1-2-23(32)31-7-6-17(15-31)8-19-13-27-14-21(30-19)18-11-28-22(29-12-18)10-16-4-3-5-20(9-16)33-24(25)26/h2-5,9,11-14,17,24H,1,6-8,10,15H2/t17-/m1/s1. The zero-order chi connectivity index (χ0) is 23.2. The number of carbonyl (C=O) groups excluding carboxylic acids is 1. The number of hydrogen-bond acceptors (Lipinski definition) is 6. The number of likely N-dealkylation sites (tertiary alicyclic amines) is 1. The van der Waals surface area contributed by atoms with E-state index in [2.05, 4.69) is 26.3 Å². The van der Waals surface area contributed by atoms with Crippen LogP contribution in [0.4, 0.5) is 8.78 Å². The first kappa shape index (κ1) is 22.4. The molecular formula is C24H23F2N5O2. The van der Waals surface area contributed by atoms with Crippen LogP contribution in [0.2, 0.25) is 0 Å². The molecule has 1 amide bonds. The molecule has 0 N–H and O–H groups in total. The van der Waals surface area contributed by atoms with Crippen molar-refractivity contribution in [2.24, 2.45) is 5.92 Å². The lowest BCUT2D eigenvalue weighted by molar-refractivity contribution is -0.125. The molecule has 9 heteroatoms. The molecule has 0 bridgehead atoms. The van der Waals surface area contributed by atoms with E-state index in [1.54, 1.807) is 47.9 Å². The van der Waals surface area contributed by atoms with E-state index in [0.717, 1.165) is 36.2 Å². The number of nitrogens with zero attached hydrogens (tertiary/aromatic N) is 5. The van der Waals surface area contributed by atoms with Crippen molar-refractivity contribution < 1.29 is 18.3 Å². The van der Waals surface area contributed by atoms with Gasteiger partial charge >= 0.3 is 6.61 Å². The Bertz CT molecular complexity index is 1120. The maximum Gasteiger partial charge on any atom is 0.387 e. The third kappa shape index (κ3) is 5.94. The second-order valence-corrected chi connectivity index (χ2v) is 7.83. The van der Waals surface area contributed by atoms with E-state index in [4.69, 9.17) is 4.98 Å². The Morgan fingerprint density at radius 1 is 1.24 bits per heavy atom. The van der Waals surface area contributed by atoms with Crippen molar-refractivity contribution in [1.82, 2.24) is 24.8 Å². The summed E-state index contributed by atoms with van der Waals surface area (Å²) in [7, 11) is 0. The van der Waals surface area contributed by atoms with Gasteiger partial charge in [0.05, 0.1) is 17.6 Å². The Hall–Kier alpha value is -3.75. The predicted octanol–water partition coefficient (Wildman–Crippen LogP) is 3.70. The Kier molecular flexibility index (Phi) is 6.97. The van der Waals surface area contributed by atoms with Crippen LogP contribution in [0.15, 0.2) is 61.7 Å². The summed E-state index contributed by atoms with van der Waals surface area (Å²) in [4.78, 5) is 31.4. The molecule has 0 radical (unpaired) electrons. The van der Waals surface area contributed by atoms with Crippen LogP contribution in [0.1, 0.15) is 23.5 Å². The topological polar surface area (TPSA) is 81.1 Å². The highest BCUT2D eigenvalue weighted by Crippen LogP contribution is 2.22. The summed E-state index contributed by atoms with van der Waals surface area (Å²) in [6.07, 6.45) is 10.1. The highest BCUT2D eigenvalue weighted by Gasteiger charge is 2.25. The average Bonchev–Trinajstić information content (AvgIpc) is 3.27. The van der Waals surface area contributed by atoms with Crippen molar-refractivity contribution in [2.75, 3.05) is 13.1 Å². The predicted molar refractivity (Wildman–Crippen MR) is 118 cm³/mol. The maximum absolute atomic E-state index is 12.4. The van der Waals surface area contributed by atoms with Crippen molar-refractivity contribution in [1.29, 1.82) is 0 Å². The third-order valence-electron chi connectivity index (χ3n) is 5.44. The number of ether oxygens (including phenoxy) is 1. The van der Waals surface area contributed by atoms with Gasteiger partial charge in [-0.1, -0.05) is 18.7 Å². The minimum Gasteiger partial charge on any atom is -0.435 e. The zero-order valence-electron chi connectivity index (χ0n) is 17.9. The lowest BCUT2D eigenvalue weighted by atomic mass is 10.0. The SMILES string of the molecule is C=CC(=O)N1CC[C@H](Cc2cncc(-c3cnc(Cc4cccc(OC(F)F)c4)nc3)n2)C1. The number of carbonyl (C=O) groups is 1. The fourth-order valence-electron chi connectivity index (χ4n) is 3.86. The molecule has 0 unspecified atom stereocenters. The molecule has 2 aromatic heterocycles. The molecular weight excluding hydrogens is 428 g/mol. The van der Waals surface area contributed by atoms with E-state index in [-0.39, 0.29) is 11.7 Å². The van der Waals surface area contributed by atoms with Gasteiger partial charge in [-0.25, -0.2) is 15.0 Å². The molecule has 1 aliphatic heterocycles. The number of amides is 1. The van der Waals surface area contributed by atoms with Crippen LogP contribution in [0.5, 0.6) is 5.75 Å². The Morgan fingerprint density at radius 3 is 2.82 bits per heavy atom. The van der Waals surface area contributed by atoms with E-state index in [1.807, 2.05) is 0 Å². The highest BCUT2D eigenvalue weighted by molar-refractivity contribution is 5.87. The molecule has 1 saturated heterocycles. The van der Waals surface area contributed by atoms with Crippen LogP contribution in [0.3, 0.4) is 0 Å². The first-order valence-corrected chi connectivity index (χ1v) is 10.6. The fourth-order valence-corrected chi connectivity index (χ4v) is 3.86. The van der Waals surface area contributed by atoms with Crippen LogP contribution in [-0.4, -0.2) is 50.4 Å². The number of halogens is 2. The van der Waals surface area contributed by atoms with E-state index >= 15 is 0 Å². The van der Waals surface area contributed by atoms with E-state index in [1.165, 1.54) is 12.1 Å². The van der Waals surface area contributed by atoms with Gasteiger partial charge in [0, 0.05) is 43.7 Å². The molecule has 4 rings (SSSR count). The summed E-state index contributed by atoms with van der Waals surface area (Å²) < 4.78 is 29.3. The number of alkyl halides is 2. The first-order valence-electron chi connectivity index (χ1n) is 10.6. The molecule has 170 valence electrons. The quantitative estimate of drug-likeness (QED) is 0.486. The molecule has 1 aliphatic rings. The van der Waals surface area contributed by atoms with Crippen molar-refractivity contribution in [3.8, 4) is 17.0 Å². The van der Waals surface area contributed by atoms with E-state index in [9.17, 15) is 13.6 Å². The summed E-state index contributed by atoms with van der Waals surface area (Å²) in [5, 5.41) is 0. The third-order valence-corrected chi connectivity index (χ3v) is 5.44. The zero-order valence-corrected chi connectivity index (χ0v) is 17.9. The van der Waals surface area contributed by atoms with E-state index < -0.39 is 6.61 Å².